The first-order chi connectivity index (χ1) is 11.1. The number of carboxylic acid groups (broad SMARTS) is 1. The van der Waals surface area contributed by atoms with Crippen molar-refractivity contribution in [2.75, 3.05) is 13.2 Å². The second-order valence-electron chi connectivity index (χ2n) is 5.63. The van der Waals surface area contributed by atoms with E-state index in [1.807, 2.05) is 37.3 Å². The molecule has 6 nitrogen and oxygen atoms in total. The molecular weight excluding hydrogens is 298 g/mol. The number of aliphatic carboxylic acids is 1. The molecule has 1 heterocycles. The van der Waals surface area contributed by atoms with Crippen molar-refractivity contribution in [2.24, 2.45) is 0 Å². The number of benzene rings is 1. The maximum atomic E-state index is 12.3. The van der Waals surface area contributed by atoms with Crippen molar-refractivity contribution in [2.45, 2.75) is 44.9 Å². The molecule has 0 saturated carbocycles. The molecular formula is C17H22NO5-. The van der Waals surface area contributed by atoms with Crippen molar-refractivity contribution in [3.05, 3.63) is 35.9 Å². The molecule has 1 aromatic carbocycles. The van der Waals surface area contributed by atoms with Gasteiger partial charge in [-0.2, -0.15) is 0 Å². The Bertz CT molecular complexity index is 519. The number of ether oxygens (including phenoxy) is 2. The summed E-state index contributed by atoms with van der Waals surface area (Å²) in [7, 11) is 0. The molecule has 1 saturated heterocycles. The van der Waals surface area contributed by atoms with Crippen LogP contribution >= 0.6 is 0 Å². The molecule has 2 unspecified atom stereocenters. The van der Waals surface area contributed by atoms with Crippen LogP contribution in [0.3, 0.4) is 0 Å². The van der Waals surface area contributed by atoms with Crippen LogP contribution in [0.15, 0.2) is 30.3 Å². The Morgan fingerprint density at radius 1 is 1.30 bits per heavy atom. The van der Waals surface area contributed by atoms with E-state index in [4.69, 9.17) is 9.47 Å². The summed E-state index contributed by atoms with van der Waals surface area (Å²) in [6, 6.07) is 9.53. The smallest absolute Gasteiger partial charge is 0.410 e. The van der Waals surface area contributed by atoms with Gasteiger partial charge in [0.2, 0.25) is 0 Å². The summed E-state index contributed by atoms with van der Waals surface area (Å²) >= 11 is 0. The van der Waals surface area contributed by atoms with Crippen LogP contribution in [0, 0.1) is 0 Å². The van der Waals surface area contributed by atoms with E-state index in [0.29, 0.717) is 19.4 Å². The summed E-state index contributed by atoms with van der Waals surface area (Å²) in [5.74, 6) is -1.22. The normalized spacial score (nSPS) is 21.0. The van der Waals surface area contributed by atoms with Crippen molar-refractivity contribution < 1.29 is 24.2 Å². The third-order valence-electron chi connectivity index (χ3n) is 4.02. The summed E-state index contributed by atoms with van der Waals surface area (Å²) in [5.41, 5.74) is 0.945. The Morgan fingerprint density at radius 2 is 2.04 bits per heavy atom. The first kappa shape index (κ1) is 17.3. The maximum absolute atomic E-state index is 12.3. The van der Waals surface area contributed by atoms with Crippen LogP contribution in [0.1, 0.15) is 31.7 Å². The lowest BCUT2D eigenvalue weighted by atomic mass is 9.98. The van der Waals surface area contributed by atoms with E-state index < -0.39 is 12.6 Å². The molecule has 0 radical (unpaired) electrons. The number of carbonyl (C=O) groups is 2. The SMILES string of the molecule is CCC1CC(OCC(=O)[O-])CCN1C(=O)OCc1ccccc1. The van der Waals surface area contributed by atoms with Crippen LogP contribution in [-0.4, -0.2) is 42.3 Å². The molecule has 23 heavy (non-hydrogen) atoms. The molecule has 2 rings (SSSR count). The van der Waals surface area contributed by atoms with Gasteiger partial charge in [-0.15, -0.1) is 0 Å². The second-order valence-corrected chi connectivity index (χ2v) is 5.63. The number of nitrogens with zero attached hydrogens (tertiary/aromatic N) is 1. The molecule has 0 spiro atoms. The third kappa shape index (κ3) is 5.25. The van der Waals surface area contributed by atoms with Crippen molar-refractivity contribution in [3.63, 3.8) is 0 Å². The predicted molar refractivity (Wildman–Crippen MR) is 81.4 cm³/mol. The minimum absolute atomic E-state index is 0.00113. The molecule has 0 aliphatic carbocycles. The van der Waals surface area contributed by atoms with Crippen LogP contribution in [0.25, 0.3) is 0 Å². The Morgan fingerprint density at radius 3 is 2.70 bits per heavy atom. The van der Waals surface area contributed by atoms with Crippen LogP contribution in [-0.2, 0) is 20.9 Å². The fourth-order valence-corrected chi connectivity index (χ4v) is 2.78. The molecule has 6 heteroatoms. The molecule has 1 amide bonds. The summed E-state index contributed by atoms with van der Waals surface area (Å²) < 4.78 is 10.7. The average molecular weight is 320 g/mol. The van der Waals surface area contributed by atoms with Crippen LogP contribution in [0.2, 0.25) is 0 Å². The van der Waals surface area contributed by atoms with E-state index in [1.165, 1.54) is 0 Å². The first-order valence-electron chi connectivity index (χ1n) is 7.89. The number of hydrogen-bond acceptors (Lipinski definition) is 5. The number of carboxylic acids is 1. The zero-order valence-corrected chi connectivity index (χ0v) is 13.3. The lowest BCUT2D eigenvalue weighted by molar-refractivity contribution is -0.311. The molecule has 2 atom stereocenters. The average Bonchev–Trinajstić information content (AvgIpc) is 2.58. The number of carbonyl (C=O) groups excluding carboxylic acids is 2. The summed E-state index contributed by atoms with van der Waals surface area (Å²) in [4.78, 5) is 24.4. The molecule has 1 aromatic rings. The quantitative estimate of drug-likeness (QED) is 0.790. The minimum atomic E-state index is -1.22. The van der Waals surface area contributed by atoms with E-state index in [0.717, 1.165) is 12.0 Å². The topological polar surface area (TPSA) is 78.9 Å². The lowest BCUT2D eigenvalue weighted by Gasteiger charge is -2.38. The van der Waals surface area contributed by atoms with E-state index in [1.54, 1.807) is 4.90 Å². The van der Waals surface area contributed by atoms with Crippen LogP contribution < -0.4 is 5.11 Å². The van der Waals surface area contributed by atoms with Gasteiger partial charge in [0.25, 0.3) is 0 Å². The number of hydrogen-bond donors (Lipinski definition) is 0. The highest BCUT2D eigenvalue weighted by molar-refractivity contribution is 5.68. The number of piperidine rings is 1. The van der Waals surface area contributed by atoms with Gasteiger partial charge in [-0.25, -0.2) is 4.79 Å². The van der Waals surface area contributed by atoms with Gasteiger partial charge in [-0.1, -0.05) is 37.3 Å². The Balaban J connectivity index is 1.84. The molecule has 1 aliphatic heterocycles. The van der Waals surface area contributed by atoms with Crippen molar-refractivity contribution in [1.29, 1.82) is 0 Å². The zero-order valence-electron chi connectivity index (χ0n) is 13.3. The van der Waals surface area contributed by atoms with Crippen molar-refractivity contribution >= 4 is 12.1 Å². The molecule has 1 fully saturated rings. The molecule has 0 N–H and O–H groups in total. The molecule has 0 bridgehead atoms. The highest BCUT2D eigenvalue weighted by Gasteiger charge is 2.31. The zero-order chi connectivity index (χ0) is 16.7. The maximum Gasteiger partial charge on any atom is 0.410 e. The van der Waals surface area contributed by atoms with Crippen molar-refractivity contribution in [3.8, 4) is 0 Å². The second kappa shape index (κ2) is 8.53. The highest BCUT2D eigenvalue weighted by Crippen LogP contribution is 2.23. The van der Waals surface area contributed by atoms with Crippen molar-refractivity contribution in [1.82, 2.24) is 4.90 Å². The van der Waals surface area contributed by atoms with Gasteiger partial charge < -0.3 is 24.3 Å². The first-order valence-corrected chi connectivity index (χ1v) is 7.89. The van der Waals surface area contributed by atoms with E-state index in [9.17, 15) is 14.7 Å². The standard InChI is InChI=1S/C17H23NO5/c1-2-14-10-15(22-12-16(19)20)8-9-18(14)17(21)23-11-13-6-4-3-5-7-13/h3-7,14-15H,2,8-12H2,1H3,(H,19,20)/p-1. The van der Waals surface area contributed by atoms with E-state index >= 15 is 0 Å². The Hall–Kier alpha value is -2.08. The van der Waals surface area contributed by atoms with Crippen LogP contribution in [0.4, 0.5) is 4.79 Å². The van der Waals surface area contributed by atoms with E-state index in [-0.39, 0.29) is 24.8 Å². The molecule has 0 aromatic heterocycles. The van der Waals surface area contributed by atoms with Gasteiger partial charge in [-0.3, -0.25) is 0 Å². The van der Waals surface area contributed by atoms with Crippen LogP contribution in [0.5, 0.6) is 0 Å². The van der Waals surface area contributed by atoms with Gasteiger partial charge in [0.05, 0.1) is 18.7 Å². The Labute approximate surface area is 136 Å². The fourth-order valence-electron chi connectivity index (χ4n) is 2.78. The number of rotatable bonds is 6. The van der Waals surface area contributed by atoms with Gasteiger partial charge in [0.1, 0.15) is 6.61 Å². The largest absolute Gasteiger partial charge is 0.548 e. The van der Waals surface area contributed by atoms with Gasteiger partial charge in [0, 0.05) is 12.6 Å². The monoisotopic (exact) mass is 320 g/mol. The third-order valence-corrected chi connectivity index (χ3v) is 4.02. The van der Waals surface area contributed by atoms with E-state index in [2.05, 4.69) is 0 Å². The summed E-state index contributed by atoms with van der Waals surface area (Å²) in [6.45, 7) is 2.34. The summed E-state index contributed by atoms with van der Waals surface area (Å²) in [5, 5.41) is 10.5. The lowest BCUT2D eigenvalue weighted by Crippen LogP contribution is -2.48. The highest BCUT2D eigenvalue weighted by atomic mass is 16.6. The summed E-state index contributed by atoms with van der Waals surface area (Å²) in [6.07, 6.45) is 1.50. The minimum Gasteiger partial charge on any atom is -0.548 e. The van der Waals surface area contributed by atoms with Gasteiger partial charge in [-0.05, 0) is 24.8 Å². The molecule has 126 valence electrons. The van der Waals surface area contributed by atoms with Gasteiger partial charge >= 0.3 is 6.09 Å². The molecule has 1 aliphatic rings. The predicted octanol–water partition coefficient (Wildman–Crippen LogP) is 1.33. The fraction of sp³-hybridized carbons (Fsp3) is 0.529. The number of likely N-dealkylation sites (tertiary alicyclic amines) is 1. The van der Waals surface area contributed by atoms with Gasteiger partial charge in [0.15, 0.2) is 0 Å². The Kier molecular flexibility index (Phi) is 6.40. The number of amides is 1.